The third-order valence-electron chi connectivity index (χ3n) is 4.50. The Morgan fingerprint density at radius 2 is 1.17 bits per heavy atom. The molecule has 5 nitrogen and oxygen atoms in total. The van der Waals surface area contributed by atoms with Crippen molar-refractivity contribution in [3.8, 4) is 23.0 Å². The van der Waals surface area contributed by atoms with Crippen molar-refractivity contribution in [2.24, 2.45) is 0 Å². The highest BCUT2D eigenvalue weighted by Gasteiger charge is 2.24. The Morgan fingerprint density at radius 3 is 1.71 bits per heavy atom. The maximum atomic E-state index is 10.7. The number of aliphatic hydroxyl groups excluding tert-OH is 1. The standard InChI is InChI=1S/C19H22O5/c1-21-16-7-11-5-13-9-18(23-3)19(24-4)10-14(13)15(20)6-12(11)8-17(16)22-2/h7-10,15,20H,5-6H2,1-4H3/t15-/m0/s1. The van der Waals surface area contributed by atoms with E-state index in [1.165, 1.54) is 0 Å². The summed E-state index contributed by atoms with van der Waals surface area (Å²) < 4.78 is 21.6. The lowest BCUT2D eigenvalue weighted by atomic mass is 9.99. The second-order valence-corrected chi connectivity index (χ2v) is 5.78. The van der Waals surface area contributed by atoms with Gasteiger partial charge in [-0.1, -0.05) is 0 Å². The minimum absolute atomic E-state index is 0.512. The zero-order valence-electron chi connectivity index (χ0n) is 14.4. The number of fused-ring (bicyclic) bond motifs is 2. The van der Waals surface area contributed by atoms with Gasteiger partial charge in [-0.05, 0) is 52.9 Å². The fourth-order valence-corrected chi connectivity index (χ4v) is 3.24. The Balaban J connectivity index is 2.12. The third-order valence-corrected chi connectivity index (χ3v) is 4.50. The van der Waals surface area contributed by atoms with Crippen LogP contribution in [-0.2, 0) is 12.8 Å². The van der Waals surface area contributed by atoms with E-state index in [4.69, 9.17) is 18.9 Å². The molecule has 0 amide bonds. The summed E-state index contributed by atoms with van der Waals surface area (Å²) in [5.74, 6) is 2.64. The molecule has 5 heteroatoms. The number of methoxy groups -OCH3 is 4. The molecule has 0 spiro atoms. The van der Waals surface area contributed by atoms with Crippen molar-refractivity contribution in [1.82, 2.24) is 0 Å². The molecule has 1 N–H and O–H groups in total. The van der Waals surface area contributed by atoms with Crippen LogP contribution in [0, 0.1) is 0 Å². The highest BCUT2D eigenvalue weighted by molar-refractivity contribution is 5.55. The summed E-state index contributed by atoms with van der Waals surface area (Å²) in [5, 5.41) is 10.7. The van der Waals surface area contributed by atoms with Gasteiger partial charge in [-0.2, -0.15) is 0 Å². The maximum Gasteiger partial charge on any atom is 0.161 e. The van der Waals surface area contributed by atoms with Gasteiger partial charge in [0.25, 0.3) is 0 Å². The van der Waals surface area contributed by atoms with Gasteiger partial charge >= 0.3 is 0 Å². The largest absolute Gasteiger partial charge is 0.493 e. The van der Waals surface area contributed by atoms with Crippen molar-refractivity contribution in [2.75, 3.05) is 28.4 Å². The van der Waals surface area contributed by atoms with E-state index in [-0.39, 0.29) is 0 Å². The van der Waals surface area contributed by atoms with Gasteiger partial charge in [0, 0.05) is 6.42 Å². The van der Waals surface area contributed by atoms with Crippen molar-refractivity contribution in [3.63, 3.8) is 0 Å². The first-order valence-corrected chi connectivity index (χ1v) is 7.77. The van der Waals surface area contributed by atoms with Crippen LogP contribution >= 0.6 is 0 Å². The zero-order valence-corrected chi connectivity index (χ0v) is 14.4. The SMILES string of the molecule is COc1cc2c(cc1OC)C[C@H](O)c1cc(OC)c(OC)cc1C2. The number of rotatable bonds is 4. The van der Waals surface area contributed by atoms with Gasteiger partial charge in [0.2, 0.25) is 0 Å². The Kier molecular flexibility index (Phi) is 4.53. The first kappa shape index (κ1) is 16.5. The van der Waals surface area contributed by atoms with Gasteiger partial charge in [-0.25, -0.2) is 0 Å². The fourth-order valence-electron chi connectivity index (χ4n) is 3.24. The van der Waals surface area contributed by atoms with E-state index in [9.17, 15) is 5.11 Å². The summed E-state index contributed by atoms with van der Waals surface area (Å²) in [4.78, 5) is 0. The number of aliphatic hydroxyl groups is 1. The van der Waals surface area contributed by atoms with Crippen molar-refractivity contribution >= 4 is 0 Å². The second-order valence-electron chi connectivity index (χ2n) is 5.78. The monoisotopic (exact) mass is 330 g/mol. The number of hydrogen-bond donors (Lipinski definition) is 1. The summed E-state index contributed by atoms with van der Waals surface area (Å²) in [5.41, 5.74) is 4.04. The number of benzene rings is 2. The average molecular weight is 330 g/mol. The molecule has 0 aliphatic heterocycles. The maximum absolute atomic E-state index is 10.7. The minimum Gasteiger partial charge on any atom is -0.493 e. The molecule has 3 rings (SSSR count). The van der Waals surface area contributed by atoms with Gasteiger partial charge < -0.3 is 24.1 Å². The van der Waals surface area contributed by atoms with Crippen LogP contribution in [0.4, 0.5) is 0 Å². The molecule has 0 radical (unpaired) electrons. The Bertz CT molecular complexity index is 754. The smallest absolute Gasteiger partial charge is 0.161 e. The second kappa shape index (κ2) is 6.61. The molecule has 0 saturated heterocycles. The quantitative estimate of drug-likeness (QED) is 0.934. The zero-order chi connectivity index (χ0) is 17.3. The molecule has 0 fully saturated rings. The molecule has 1 aliphatic carbocycles. The highest BCUT2D eigenvalue weighted by Crippen LogP contribution is 2.40. The first-order valence-electron chi connectivity index (χ1n) is 7.77. The van der Waals surface area contributed by atoms with E-state index in [2.05, 4.69) is 0 Å². The van der Waals surface area contributed by atoms with Gasteiger partial charge in [-0.15, -0.1) is 0 Å². The highest BCUT2D eigenvalue weighted by atomic mass is 16.5. The molecule has 24 heavy (non-hydrogen) atoms. The van der Waals surface area contributed by atoms with Crippen molar-refractivity contribution in [2.45, 2.75) is 18.9 Å². The molecule has 0 aromatic heterocycles. The summed E-state index contributed by atoms with van der Waals surface area (Å²) in [7, 11) is 6.44. The Labute approximate surface area is 141 Å². The van der Waals surface area contributed by atoms with Crippen LogP contribution in [0.3, 0.4) is 0 Å². The van der Waals surface area contributed by atoms with Gasteiger partial charge in [-0.3, -0.25) is 0 Å². The topological polar surface area (TPSA) is 57.2 Å². The van der Waals surface area contributed by atoms with Crippen LogP contribution in [-0.4, -0.2) is 33.5 Å². The predicted molar refractivity (Wildman–Crippen MR) is 90.6 cm³/mol. The predicted octanol–water partition coefficient (Wildman–Crippen LogP) is 2.90. The lowest BCUT2D eigenvalue weighted by Crippen LogP contribution is -2.04. The first-order chi connectivity index (χ1) is 11.6. The van der Waals surface area contributed by atoms with E-state index in [1.807, 2.05) is 24.3 Å². The molecule has 2 aromatic rings. The Hall–Kier alpha value is -2.40. The Morgan fingerprint density at radius 1 is 0.708 bits per heavy atom. The third kappa shape index (κ3) is 2.76. The van der Waals surface area contributed by atoms with Crippen molar-refractivity contribution in [3.05, 3.63) is 46.5 Å². The fraction of sp³-hybridized carbons (Fsp3) is 0.368. The van der Waals surface area contributed by atoms with Crippen LogP contribution in [0.25, 0.3) is 0 Å². The molecule has 0 saturated carbocycles. The van der Waals surface area contributed by atoms with E-state index in [0.29, 0.717) is 35.8 Å². The van der Waals surface area contributed by atoms with Crippen LogP contribution in [0.15, 0.2) is 24.3 Å². The van der Waals surface area contributed by atoms with Gasteiger partial charge in [0.05, 0.1) is 34.5 Å². The van der Waals surface area contributed by atoms with E-state index >= 15 is 0 Å². The molecule has 1 aliphatic rings. The molecular weight excluding hydrogens is 308 g/mol. The number of ether oxygens (including phenoxy) is 4. The van der Waals surface area contributed by atoms with Crippen molar-refractivity contribution in [1.29, 1.82) is 0 Å². The minimum atomic E-state index is -0.612. The summed E-state index contributed by atoms with van der Waals surface area (Å²) in [6.45, 7) is 0. The van der Waals surface area contributed by atoms with E-state index < -0.39 is 6.10 Å². The molecule has 1 atom stereocenters. The van der Waals surface area contributed by atoms with Gasteiger partial charge in [0.15, 0.2) is 23.0 Å². The molecule has 2 aromatic carbocycles. The van der Waals surface area contributed by atoms with Crippen molar-refractivity contribution < 1.29 is 24.1 Å². The molecule has 0 heterocycles. The lowest BCUT2D eigenvalue weighted by molar-refractivity contribution is 0.178. The average Bonchev–Trinajstić information content (AvgIpc) is 2.74. The molecule has 0 unspecified atom stereocenters. The molecule has 0 bridgehead atoms. The van der Waals surface area contributed by atoms with Crippen LogP contribution in [0.1, 0.15) is 28.4 Å². The van der Waals surface area contributed by atoms with E-state index in [1.54, 1.807) is 28.4 Å². The lowest BCUT2D eigenvalue weighted by Gasteiger charge is -2.16. The van der Waals surface area contributed by atoms with Crippen LogP contribution in [0.2, 0.25) is 0 Å². The molecule has 128 valence electrons. The van der Waals surface area contributed by atoms with Crippen LogP contribution in [0.5, 0.6) is 23.0 Å². The van der Waals surface area contributed by atoms with Crippen LogP contribution < -0.4 is 18.9 Å². The van der Waals surface area contributed by atoms with Gasteiger partial charge in [0.1, 0.15) is 0 Å². The number of hydrogen-bond acceptors (Lipinski definition) is 5. The summed E-state index contributed by atoms with van der Waals surface area (Å²) in [6.07, 6.45) is 0.583. The normalized spacial score (nSPS) is 15.8. The van der Waals surface area contributed by atoms with E-state index in [0.717, 1.165) is 22.3 Å². The molecular formula is C19H22O5. The summed E-state index contributed by atoms with van der Waals surface area (Å²) in [6, 6.07) is 7.72. The summed E-state index contributed by atoms with van der Waals surface area (Å²) >= 11 is 0.